The molecule has 12 nitrogen and oxygen atoms in total. The number of nitrogens with two attached hydrogens (primary N) is 1. The van der Waals surface area contributed by atoms with Crippen LogP contribution in [-0.2, 0) is 4.74 Å². The normalized spacial score (nSPS) is 10.9. The standard InChI is InChI=1S/C17H20N6O6/c1-3-29-17(24)21-14-8-12(15(23(26)27)16(18)20-14)19-9-13(22-25)10-5-4-6-11(7-10)28-2/h4-8,25H,3,9H2,1-2H3,(H4,18,19,20,21,24)/b22-13-. The third-order valence-electron chi connectivity index (χ3n) is 3.68. The first-order valence-corrected chi connectivity index (χ1v) is 8.37. The second-order valence-electron chi connectivity index (χ2n) is 5.52. The molecule has 154 valence electrons. The molecule has 0 saturated carbocycles. The number of hydrogen-bond donors (Lipinski definition) is 4. The van der Waals surface area contributed by atoms with Crippen LogP contribution in [0.3, 0.4) is 0 Å². The van der Waals surface area contributed by atoms with E-state index in [0.29, 0.717) is 11.3 Å². The van der Waals surface area contributed by atoms with Crippen LogP contribution in [-0.4, -0.2) is 47.2 Å². The maximum absolute atomic E-state index is 11.6. The predicted octanol–water partition coefficient (Wildman–Crippen LogP) is 2.44. The number of rotatable bonds is 8. The highest BCUT2D eigenvalue weighted by molar-refractivity contribution is 6.03. The summed E-state index contributed by atoms with van der Waals surface area (Å²) in [5.41, 5.74) is 5.89. The summed E-state index contributed by atoms with van der Waals surface area (Å²) in [6.45, 7) is 1.67. The summed E-state index contributed by atoms with van der Waals surface area (Å²) in [5.74, 6) is 0.0947. The molecule has 0 radical (unpaired) electrons. The molecule has 2 rings (SSSR count). The lowest BCUT2D eigenvalue weighted by Crippen LogP contribution is -2.18. The van der Waals surface area contributed by atoms with Gasteiger partial charge in [0.1, 0.15) is 23.0 Å². The number of nitro groups is 1. The molecule has 1 aromatic heterocycles. The van der Waals surface area contributed by atoms with E-state index in [4.69, 9.17) is 15.2 Å². The Bertz CT molecular complexity index is 933. The van der Waals surface area contributed by atoms with Crippen molar-refractivity contribution in [2.24, 2.45) is 5.16 Å². The topological polar surface area (TPSA) is 174 Å². The Hall–Kier alpha value is -4.09. The Labute approximate surface area is 165 Å². The molecular weight excluding hydrogens is 384 g/mol. The minimum absolute atomic E-state index is 0.0293. The van der Waals surface area contributed by atoms with E-state index in [1.807, 2.05) is 0 Å². The van der Waals surface area contributed by atoms with E-state index in [2.05, 4.69) is 20.8 Å². The van der Waals surface area contributed by atoms with Crippen LogP contribution in [0.1, 0.15) is 12.5 Å². The Morgan fingerprint density at radius 1 is 1.41 bits per heavy atom. The SMILES string of the molecule is CCOC(=O)Nc1cc(NC/C(=N/O)c2cccc(OC)c2)c([N+](=O)[O-])c(N)n1. The fourth-order valence-electron chi connectivity index (χ4n) is 2.40. The van der Waals surface area contributed by atoms with Crippen LogP contribution in [0.15, 0.2) is 35.5 Å². The molecule has 29 heavy (non-hydrogen) atoms. The zero-order valence-electron chi connectivity index (χ0n) is 15.7. The largest absolute Gasteiger partial charge is 0.497 e. The lowest BCUT2D eigenvalue weighted by Gasteiger charge is -2.12. The predicted molar refractivity (Wildman–Crippen MR) is 106 cm³/mol. The Morgan fingerprint density at radius 2 is 2.17 bits per heavy atom. The summed E-state index contributed by atoms with van der Waals surface area (Å²) in [6, 6.07) is 7.97. The molecule has 1 heterocycles. The Morgan fingerprint density at radius 3 is 2.79 bits per heavy atom. The van der Waals surface area contributed by atoms with Gasteiger partial charge >= 0.3 is 11.8 Å². The van der Waals surface area contributed by atoms with Gasteiger partial charge in [0.05, 0.1) is 25.2 Å². The van der Waals surface area contributed by atoms with Gasteiger partial charge in [0.2, 0.25) is 5.82 Å². The highest BCUT2D eigenvalue weighted by Crippen LogP contribution is 2.32. The Kier molecular flexibility index (Phi) is 7.12. The maximum Gasteiger partial charge on any atom is 0.412 e. The number of hydrogen-bond acceptors (Lipinski definition) is 10. The summed E-state index contributed by atoms with van der Waals surface area (Å²) < 4.78 is 9.88. The number of amides is 1. The van der Waals surface area contributed by atoms with Gasteiger partial charge in [-0.3, -0.25) is 15.4 Å². The summed E-state index contributed by atoms with van der Waals surface area (Å²) in [4.78, 5) is 26.0. The van der Waals surface area contributed by atoms with E-state index in [9.17, 15) is 20.1 Å². The van der Waals surface area contributed by atoms with Crippen molar-refractivity contribution >= 4 is 34.8 Å². The fraction of sp³-hybridized carbons (Fsp3) is 0.235. The molecule has 0 bridgehead atoms. The lowest BCUT2D eigenvalue weighted by atomic mass is 10.1. The first-order chi connectivity index (χ1) is 13.9. The molecule has 0 unspecified atom stereocenters. The number of aromatic nitrogens is 1. The van der Waals surface area contributed by atoms with Crippen molar-refractivity contribution < 1.29 is 24.4 Å². The Balaban J connectivity index is 2.30. The van der Waals surface area contributed by atoms with E-state index in [0.717, 1.165) is 0 Å². The molecule has 0 aliphatic carbocycles. The van der Waals surface area contributed by atoms with Crippen LogP contribution >= 0.6 is 0 Å². The smallest absolute Gasteiger partial charge is 0.412 e. The number of nitrogens with zero attached hydrogens (tertiary/aromatic N) is 3. The minimum atomic E-state index is -0.784. The maximum atomic E-state index is 11.6. The fourth-order valence-corrected chi connectivity index (χ4v) is 2.40. The number of benzene rings is 1. The second-order valence-corrected chi connectivity index (χ2v) is 5.52. The number of oxime groups is 1. The van der Waals surface area contributed by atoms with E-state index >= 15 is 0 Å². The van der Waals surface area contributed by atoms with E-state index in [1.54, 1.807) is 31.2 Å². The van der Waals surface area contributed by atoms with Gasteiger partial charge in [0.15, 0.2) is 0 Å². The van der Waals surface area contributed by atoms with Gasteiger partial charge < -0.3 is 25.7 Å². The number of ether oxygens (including phenoxy) is 2. The van der Waals surface area contributed by atoms with Crippen molar-refractivity contribution in [1.82, 2.24) is 4.98 Å². The number of nitrogen functional groups attached to an aromatic ring is 1. The van der Waals surface area contributed by atoms with Crippen LogP contribution in [0.25, 0.3) is 0 Å². The highest BCUT2D eigenvalue weighted by atomic mass is 16.6. The zero-order valence-corrected chi connectivity index (χ0v) is 15.7. The van der Waals surface area contributed by atoms with Crippen molar-refractivity contribution in [3.8, 4) is 5.75 Å². The van der Waals surface area contributed by atoms with E-state index in [-0.39, 0.29) is 30.4 Å². The van der Waals surface area contributed by atoms with Crippen molar-refractivity contribution in [2.75, 3.05) is 36.6 Å². The molecule has 2 aromatic rings. The van der Waals surface area contributed by atoms with Gasteiger partial charge in [-0.25, -0.2) is 9.78 Å². The summed E-state index contributed by atoms with van der Waals surface area (Å²) >= 11 is 0. The monoisotopic (exact) mass is 404 g/mol. The molecule has 1 amide bonds. The number of methoxy groups -OCH3 is 1. The van der Waals surface area contributed by atoms with Gasteiger partial charge in [-0.2, -0.15) is 0 Å². The molecule has 0 saturated heterocycles. The van der Waals surface area contributed by atoms with Crippen molar-refractivity contribution in [3.63, 3.8) is 0 Å². The molecule has 0 fully saturated rings. The van der Waals surface area contributed by atoms with Crippen LogP contribution in [0.4, 0.5) is 27.8 Å². The van der Waals surface area contributed by atoms with Gasteiger partial charge in [0, 0.05) is 11.6 Å². The highest BCUT2D eigenvalue weighted by Gasteiger charge is 2.22. The molecule has 0 atom stereocenters. The number of pyridine rings is 1. The summed E-state index contributed by atoms with van der Waals surface area (Å²) in [6.07, 6.45) is -0.784. The number of anilines is 3. The van der Waals surface area contributed by atoms with Crippen LogP contribution in [0.2, 0.25) is 0 Å². The average Bonchev–Trinajstić information content (AvgIpc) is 2.68. The minimum Gasteiger partial charge on any atom is -0.497 e. The molecule has 5 N–H and O–H groups in total. The summed E-state index contributed by atoms with van der Waals surface area (Å²) in [7, 11) is 1.49. The lowest BCUT2D eigenvalue weighted by molar-refractivity contribution is -0.383. The molecule has 0 aliphatic rings. The van der Waals surface area contributed by atoms with Gasteiger partial charge in [-0.1, -0.05) is 17.3 Å². The zero-order chi connectivity index (χ0) is 21.4. The molecular formula is C17H20N6O6. The molecule has 0 aliphatic heterocycles. The third-order valence-corrected chi connectivity index (χ3v) is 3.68. The molecule has 1 aromatic carbocycles. The van der Waals surface area contributed by atoms with Gasteiger partial charge in [-0.15, -0.1) is 0 Å². The first kappa shape index (κ1) is 21.2. The second kappa shape index (κ2) is 9.73. The number of carbonyl (C=O) groups is 1. The van der Waals surface area contributed by atoms with E-state index in [1.165, 1.54) is 13.2 Å². The molecule has 12 heteroatoms. The van der Waals surface area contributed by atoms with Gasteiger partial charge in [-0.05, 0) is 19.1 Å². The quantitative estimate of drug-likeness (QED) is 0.223. The number of nitrogens with one attached hydrogen (secondary N) is 2. The van der Waals surface area contributed by atoms with Crippen molar-refractivity contribution in [1.29, 1.82) is 0 Å². The first-order valence-electron chi connectivity index (χ1n) is 8.37. The molecule has 0 spiro atoms. The summed E-state index contributed by atoms with van der Waals surface area (Å²) in [5, 5.41) is 29.1. The van der Waals surface area contributed by atoms with Crippen molar-refractivity contribution in [3.05, 3.63) is 46.0 Å². The van der Waals surface area contributed by atoms with Gasteiger partial charge in [0.25, 0.3) is 0 Å². The van der Waals surface area contributed by atoms with Crippen LogP contribution in [0, 0.1) is 10.1 Å². The average molecular weight is 404 g/mol. The van der Waals surface area contributed by atoms with Crippen LogP contribution in [0.5, 0.6) is 5.75 Å². The van der Waals surface area contributed by atoms with Crippen molar-refractivity contribution in [2.45, 2.75) is 6.92 Å². The third kappa shape index (κ3) is 5.45. The number of carbonyl (C=O) groups excluding carboxylic acids is 1. The van der Waals surface area contributed by atoms with E-state index < -0.39 is 22.5 Å². The van der Waals surface area contributed by atoms with Crippen LogP contribution < -0.4 is 21.1 Å².